The zero-order valence-corrected chi connectivity index (χ0v) is 23.6. The molecule has 2 nitrogen and oxygen atoms in total. The van der Waals surface area contributed by atoms with Crippen LogP contribution in [-0.2, 0) is 17.4 Å². The fourth-order valence-electron chi connectivity index (χ4n) is 7.27. The van der Waals surface area contributed by atoms with Crippen LogP contribution in [0.15, 0.2) is 59.9 Å². The van der Waals surface area contributed by atoms with Gasteiger partial charge in [-0.05, 0) is 0 Å². The standard InChI is InChI=1S/2C13H14N.2CH3.H2Si.Zr/c2*1-2-6-12-10-13(9-11(12)5-1)14-7-3-4-8-14;;;;/h2*1-2,5-6,9-10H,3-4,7-8H2;2*1H3;1H2;. The third-order valence-electron chi connectivity index (χ3n) is 8.65. The van der Waals surface area contributed by atoms with Crippen molar-refractivity contribution in [2.45, 2.75) is 42.2 Å². The fourth-order valence-corrected chi connectivity index (χ4v) is 25.6. The second-order valence-electron chi connectivity index (χ2n) is 11.6. The molecular formula is C28H36N2SiZr. The van der Waals surface area contributed by atoms with Gasteiger partial charge in [0.1, 0.15) is 0 Å². The van der Waals surface area contributed by atoms with E-state index in [0.29, 0.717) is 7.25 Å². The van der Waals surface area contributed by atoms with E-state index < -0.39 is 17.4 Å². The van der Waals surface area contributed by atoms with Crippen LogP contribution in [0.25, 0.3) is 12.2 Å². The van der Waals surface area contributed by atoms with Crippen molar-refractivity contribution in [3.63, 3.8) is 0 Å². The van der Waals surface area contributed by atoms with E-state index in [1.54, 1.807) is 22.5 Å². The van der Waals surface area contributed by atoms with Crippen LogP contribution in [0.3, 0.4) is 0 Å². The van der Waals surface area contributed by atoms with Gasteiger partial charge in [0.25, 0.3) is 0 Å². The van der Waals surface area contributed by atoms with Gasteiger partial charge in [-0.2, -0.15) is 0 Å². The molecule has 2 fully saturated rings. The first kappa shape index (κ1) is 21.2. The first-order valence-corrected chi connectivity index (χ1v) is 26.3. The Labute approximate surface area is 195 Å². The van der Waals surface area contributed by atoms with E-state index in [1.165, 1.54) is 63.0 Å². The molecule has 0 radical (unpaired) electrons. The third kappa shape index (κ3) is 3.20. The average Bonchev–Trinajstić information content (AvgIpc) is 3.57. The Morgan fingerprint density at radius 1 is 0.656 bits per heavy atom. The predicted molar refractivity (Wildman–Crippen MR) is 136 cm³/mol. The van der Waals surface area contributed by atoms with Gasteiger partial charge in [0.15, 0.2) is 0 Å². The van der Waals surface area contributed by atoms with Gasteiger partial charge in [0, 0.05) is 0 Å². The topological polar surface area (TPSA) is 6.48 Å². The Morgan fingerprint density at radius 3 is 1.44 bits per heavy atom. The summed E-state index contributed by atoms with van der Waals surface area (Å²) in [4.78, 5) is 5.50. The molecule has 32 heavy (non-hydrogen) atoms. The van der Waals surface area contributed by atoms with Gasteiger partial charge in [-0.1, -0.05) is 0 Å². The van der Waals surface area contributed by atoms with E-state index in [0.717, 1.165) is 0 Å². The summed E-state index contributed by atoms with van der Waals surface area (Å²) in [6.45, 7) is 7.43. The molecule has 2 aromatic carbocycles. The number of hydrogen-bond acceptors (Lipinski definition) is 2. The zero-order chi connectivity index (χ0) is 21.9. The van der Waals surface area contributed by atoms with Crippen LogP contribution in [0, 0.1) is 0 Å². The van der Waals surface area contributed by atoms with Gasteiger partial charge in [-0.25, -0.2) is 0 Å². The van der Waals surface area contributed by atoms with E-state index in [2.05, 4.69) is 86.6 Å². The summed E-state index contributed by atoms with van der Waals surface area (Å²) in [5.41, 5.74) is 9.50. The van der Waals surface area contributed by atoms with Crippen LogP contribution in [0.4, 0.5) is 0 Å². The van der Waals surface area contributed by atoms with Crippen molar-refractivity contribution in [1.82, 2.24) is 9.80 Å². The first-order chi connectivity index (χ1) is 15.4. The molecule has 0 saturated carbocycles. The van der Waals surface area contributed by atoms with Crippen LogP contribution in [0.2, 0.25) is 9.26 Å². The fraction of sp³-hybridized carbons (Fsp3) is 0.429. The number of hydrogen-bond donors (Lipinski definition) is 0. The monoisotopic (exact) mass is 518 g/mol. The minimum atomic E-state index is -3.47. The quantitative estimate of drug-likeness (QED) is 0.478. The second-order valence-corrected chi connectivity index (χ2v) is 42.1. The van der Waals surface area contributed by atoms with Gasteiger partial charge >= 0.3 is 197 Å². The van der Waals surface area contributed by atoms with Crippen molar-refractivity contribution in [2.24, 2.45) is 0 Å². The van der Waals surface area contributed by atoms with E-state index in [9.17, 15) is 0 Å². The minimum absolute atomic E-state index is 0.603. The van der Waals surface area contributed by atoms with Crippen molar-refractivity contribution < 1.29 is 17.4 Å². The molecule has 2 aliphatic carbocycles. The van der Waals surface area contributed by atoms with E-state index >= 15 is 0 Å². The molecule has 0 spiro atoms. The summed E-state index contributed by atoms with van der Waals surface area (Å²) < 4.78 is 6.78. The third-order valence-corrected chi connectivity index (χ3v) is 25.8. The number of benzene rings is 2. The maximum atomic E-state index is 2.78. The van der Waals surface area contributed by atoms with Crippen LogP contribution < -0.4 is 0 Å². The summed E-state index contributed by atoms with van der Waals surface area (Å²) in [6.07, 6.45) is 10.5. The molecular weight excluding hydrogens is 484 g/mol. The van der Waals surface area contributed by atoms with Crippen LogP contribution in [0.5, 0.6) is 0 Å². The van der Waals surface area contributed by atoms with Crippen molar-refractivity contribution >= 4 is 19.0 Å². The van der Waals surface area contributed by atoms with Crippen molar-refractivity contribution in [1.29, 1.82) is 0 Å². The molecule has 2 heterocycles. The molecule has 2 saturated heterocycles. The molecule has 166 valence electrons. The first-order valence-electron chi connectivity index (χ1n) is 12.6. The molecule has 4 heteroatoms. The Hall–Kier alpha value is -1.38. The van der Waals surface area contributed by atoms with Gasteiger partial charge < -0.3 is 0 Å². The molecule has 0 N–H and O–H groups in total. The van der Waals surface area contributed by atoms with E-state index in [-0.39, 0.29) is 0 Å². The molecule has 0 bridgehead atoms. The molecule has 4 aliphatic rings. The molecule has 0 amide bonds. The number of allylic oxidation sites excluding steroid dienone is 2. The Bertz CT molecular complexity index is 1100. The summed E-state index contributed by atoms with van der Waals surface area (Å²) in [5, 5.41) is 0. The number of rotatable bonds is 4. The van der Waals surface area contributed by atoms with Crippen molar-refractivity contribution in [2.75, 3.05) is 26.2 Å². The molecule has 2 unspecified atom stereocenters. The van der Waals surface area contributed by atoms with Crippen molar-refractivity contribution in [3.05, 3.63) is 82.2 Å². The summed E-state index contributed by atoms with van der Waals surface area (Å²) >= 11 is -3.47. The van der Waals surface area contributed by atoms with Gasteiger partial charge in [-0.15, -0.1) is 0 Å². The summed E-state index contributed by atoms with van der Waals surface area (Å²) in [7, 11) is 0. The van der Waals surface area contributed by atoms with Crippen molar-refractivity contribution in [3.8, 4) is 0 Å². The number of likely N-dealkylation sites (tertiary alicyclic amines) is 2. The van der Waals surface area contributed by atoms with Gasteiger partial charge in [-0.3, -0.25) is 0 Å². The number of nitrogens with zero attached hydrogens (tertiary/aromatic N) is 2. The Morgan fingerprint density at radius 2 is 1.03 bits per heavy atom. The molecule has 2 aliphatic heterocycles. The normalized spacial score (nSPS) is 25.1. The SMILES string of the molecule is [CH3][Zr]([CH3])(=[SiH2])([CH]1C(N2CCCC2)=Cc2ccccc21)[CH]1C(N2CCCC2)=Cc2ccccc21. The van der Waals surface area contributed by atoms with E-state index in [1.807, 2.05) is 0 Å². The zero-order valence-electron chi connectivity index (χ0n) is 19.7. The number of fused-ring (bicyclic) bond motifs is 2. The van der Waals surface area contributed by atoms with E-state index in [4.69, 9.17) is 0 Å². The van der Waals surface area contributed by atoms with Gasteiger partial charge in [0.05, 0.1) is 0 Å². The van der Waals surface area contributed by atoms with Crippen LogP contribution in [0.1, 0.15) is 55.2 Å². The second kappa shape index (κ2) is 7.57. The molecule has 0 aromatic heterocycles. The average molecular weight is 520 g/mol. The maximum absolute atomic E-state index is 3.47. The Balaban J connectivity index is 1.53. The van der Waals surface area contributed by atoms with Gasteiger partial charge in [0.2, 0.25) is 0 Å². The summed E-state index contributed by atoms with van der Waals surface area (Å²) in [5.74, 6) is 0. The molecule has 2 atom stereocenters. The molecule has 6 rings (SSSR count). The predicted octanol–water partition coefficient (Wildman–Crippen LogP) is 5.70. The summed E-state index contributed by atoms with van der Waals surface area (Å²) in [6, 6.07) is 18.6. The van der Waals surface area contributed by atoms with Crippen LogP contribution >= 0.6 is 0 Å². The molecule has 2 aromatic rings. The Kier molecular flexibility index (Phi) is 5.01. The van der Waals surface area contributed by atoms with Crippen LogP contribution in [-0.4, -0.2) is 42.9 Å².